The zero-order chi connectivity index (χ0) is 21.7. The number of hydrogen-bond donors (Lipinski definition) is 1. The molecule has 0 radical (unpaired) electrons. The van der Waals surface area contributed by atoms with Crippen molar-refractivity contribution in [1.82, 2.24) is 9.88 Å². The number of likely N-dealkylation sites (tertiary alicyclic amines) is 1. The maximum Gasteiger partial charge on any atom is 0.253 e. The first-order valence-electron chi connectivity index (χ1n) is 10.8. The molecule has 3 aromatic rings. The molecule has 1 amide bonds. The van der Waals surface area contributed by atoms with E-state index in [0.29, 0.717) is 38.1 Å². The summed E-state index contributed by atoms with van der Waals surface area (Å²) < 4.78 is 5.82. The number of amides is 1. The zero-order valence-corrected chi connectivity index (χ0v) is 18.6. The maximum atomic E-state index is 12.8. The second-order valence-corrected chi connectivity index (χ2v) is 9.07. The van der Waals surface area contributed by atoms with Crippen LogP contribution in [0.25, 0.3) is 0 Å². The fraction of sp³-hybridized carbons (Fsp3) is 0.360. The van der Waals surface area contributed by atoms with Gasteiger partial charge >= 0.3 is 0 Å². The van der Waals surface area contributed by atoms with Crippen molar-refractivity contribution in [3.63, 3.8) is 0 Å². The lowest BCUT2D eigenvalue weighted by atomic mass is 9.96. The Kier molecular flexibility index (Phi) is 6.68. The molecule has 1 unspecified atom stereocenters. The van der Waals surface area contributed by atoms with Crippen LogP contribution < -0.4 is 4.74 Å². The van der Waals surface area contributed by atoms with E-state index in [1.54, 1.807) is 11.3 Å². The third-order valence-electron chi connectivity index (χ3n) is 5.75. The summed E-state index contributed by atoms with van der Waals surface area (Å²) in [5, 5.41) is 12.2. The van der Waals surface area contributed by atoms with E-state index in [1.807, 2.05) is 72.5 Å². The van der Waals surface area contributed by atoms with Crippen LogP contribution in [0.2, 0.25) is 0 Å². The van der Waals surface area contributed by atoms with Gasteiger partial charge in [-0.15, -0.1) is 11.3 Å². The number of thiazole rings is 1. The number of nitrogens with zero attached hydrogens (tertiary/aromatic N) is 2. The van der Waals surface area contributed by atoms with Gasteiger partial charge in [-0.2, -0.15) is 0 Å². The molecule has 6 heteroatoms. The third kappa shape index (κ3) is 5.14. The monoisotopic (exact) mass is 436 g/mol. The molecule has 1 aliphatic rings. The smallest absolute Gasteiger partial charge is 0.253 e. The Labute approximate surface area is 187 Å². The predicted octanol–water partition coefficient (Wildman–Crippen LogP) is 4.59. The minimum absolute atomic E-state index is 0.0268. The molecule has 1 aromatic heterocycles. The minimum Gasteiger partial charge on any atom is -0.493 e. The van der Waals surface area contributed by atoms with E-state index in [0.717, 1.165) is 34.2 Å². The van der Waals surface area contributed by atoms with Crippen molar-refractivity contribution in [2.24, 2.45) is 0 Å². The Morgan fingerprint density at radius 2 is 1.81 bits per heavy atom. The van der Waals surface area contributed by atoms with Crippen molar-refractivity contribution in [1.29, 1.82) is 0 Å². The Bertz CT molecular complexity index is 1010. The molecule has 1 fully saturated rings. The van der Waals surface area contributed by atoms with Crippen molar-refractivity contribution in [3.8, 4) is 5.75 Å². The largest absolute Gasteiger partial charge is 0.493 e. The lowest BCUT2D eigenvalue weighted by Crippen LogP contribution is -2.33. The average Bonchev–Trinajstić information content (AvgIpc) is 3.06. The summed E-state index contributed by atoms with van der Waals surface area (Å²) in [5.74, 6) is 0.884. The van der Waals surface area contributed by atoms with E-state index < -0.39 is 5.60 Å². The van der Waals surface area contributed by atoms with E-state index in [-0.39, 0.29) is 5.91 Å². The van der Waals surface area contributed by atoms with Gasteiger partial charge in [-0.3, -0.25) is 4.79 Å². The molecule has 31 heavy (non-hydrogen) atoms. The first kappa shape index (κ1) is 21.5. The molecular weight excluding hydrogens is 408 g/mol. The molecule has 0 bridgehead atoms. The number of hydrogen-bond acceptors (Lipinski definition) is 5. The fourth-order valence-electron chi connectivity index (χ4n) is 3.94. The standard InChI is InChI=1S/C25H28N2O3S/c1-19-22(13-18-30-21-11-6-3-7-12-21)31-24(26-19)25(29)14-8-16-27(17-15-25)23(28)20-9-4-2-5-10-20/h2-7,9-12,29H,8,13-18H2,1H3. The minimum atomic E-state index is -0.986. The van der Waals surface area contributed by atoms with Crippen LogP contribution in [0.4, 0.5) is 0 Å². The highest BCUT2D eigenvalue weighted by molar-refractivity contribution is 7.11. The lowest BCUT2D eigenvalue weighted by molar-refractivity contribution is 0.0209. The van der Waals surface area contributed by atoms with Crippen molar-refractivity contribution >= 4 is 17.2 Å². The number of benzene rings is 2. The van der Waals surface area contributed by atoms with Crippen LogP contribution in [0.3, 0.4) is 0 Å². The maximum absolute atomic E-state index is 12.8. The highest BCUT2D eigenvalue weighted by Gasteiger charge is 2.36. The van der Waals surface area contributed by atoms with Gasteiger partial charge in [0.05, 0.1) is 12.3 Å². The Morgan fingerprint density at radius 1 is 1.10 bits per heavy atom. The first-order chi connectivity index (χ1) is 15.0. The van der Waals surface area contributed by atoms with E-state index in [4.69, 9.17) is 9.72 Å². The number of carbonyl (C=O) groups is 1. The molecule has 0 aliphatic carbocycles. The Morgan fingerprint density at radius 3 is 2.55 bits per heavy atom. The number of aliphatic hydroxyl groups is 1. The predicted molar refractivity (Wildman–Crippen MR) is 123 cm³/mol. The quantitative estimate of drug-likeness (QED) is 0.614. The summed E-state index contributed by atoms with van der Waals surface area (Å²) in [6.07, 6.45) is 2.62. The Hall–Kier alpha value is -2.70. The van der Waals surface area contributed by atoms with Gasteiger partial charge in [0.25, 0.3) is 5.91 Å². The summed E-state index contributed by atoms with van der Waals surface area (Å²) in [6, 6.07) is 19.1. The van der Waals surface area contributed by atoms with Crippen molar-refractivity contribution < 1.29 is 14.6 Å². The second-order valence-electron chi connectivity index (χ2n) is 7.98. The molecule has 2 heterocycles. The van der Waals surface area contributed by atoms with E-state index in [2.05, 4.69) is 0 Å². The molecule has 1 atom stereocenters. The Balaban J connectivity index is 1.39. The van der Waals surface area contributed by atoms with Gasteiger partial charge in [-0.1, -0.05) is 36.4 Å². The van der Waals surface area contributed by atoms with Gasteiger partial charge in [0.1, 0.15) is 16.4 Å². The number of carbonyl (C=O) groups excluding carboxylic acids is 1. The van der Waals surface area contributed by atoms with Crippen molar-refractivity contribution in [3.05, 3.63) is 81.8 Å². The molecule has 0 saturated carbocycles. The fourth-order valence-corrected chi connectivity index (χ4v) is 5.13. The topological polar surface area (TPSA) is 62.7 Å². The molecule has 162 valence electrons. The normalized spacial score (nSPS) is 19.1. The third-order valence-corrected chi connectivity index (χ3v) is 7.16. The van der Waals surface area contributed by atoms with Gasteiger partial charge in [-0.05, 0) is 44.0 Å². The van der Waals surface area contributed by atoms with Gasteiger partial charge in [0, 0.05) is 36.4 Å². The van der Waals surface area contributed by atoms with Crippen LogP contribution >= 0.6 is 11.3 Å². The number of ether oxygens (including phenoxy) is 1. The van der Waals surface area contributed by atoms with Crippen molar-refractivity contribution in [2.45, 2.75) is 38.2 Å². The molecule has 4 rings (SSSR count). The molecular formula is C25H28N2O3S. The van der Waals surface area contributed by atoms with Gasteiger partial charge in [-0.25, -0.2) is 4.98 Å². The molecule has 1 saturated heterocycles. The summed E-state index contributed by atoms with van der Waals surface area (Å²) in [5.41, 5.74) is 0.657. The van der Waals surface area contributed by atoms with E-state index in [9.17, 15) is 9.90 Å². The summed E-state index contributed by atoms with van der Waals surface area (Å²) in [7, 11) is 0. The van der Waals surface area contributed by atoms with Crippen LogP contribution in [0.5, 0.6) is 5.75 Å². The van der Waals surface area contributed by atoms with Crippen LogP contribution in [0, 0.1) is 6.92 Å². The van der Waals surface area contributed by atoms with Gasteiger partial charge in [0.2, 0.25) is 0 Å². The average molecular weight is 437 g/mol. The summed E-state index contributed by atoms with van der Waals surface area (Å²) in [6.45, 7) is 3.74. The van der Waals surface area contributed by atoms with Crippen LogP contribution in [0.15, 0.2) is 60.7 Å². The lowest BCUT2D eigenvalue weighted by Gasteiger charge is -2.25. The number of rotatable bonds is 6. The SMILES string of the molecule is Cc1nc(C2(O)CCCN(C(=O)c3ccccc3)CC2)sc1CCOc1ccccc1. The zero-order valence-electron chi connectivity index (χ0n) is 17.8. The van der Waals surface area contributed by atoms with E-state index >= 15 is 0 Å². The first-order valence-corrected chi connectivity index (χ1v) is 11.6. The number of para-hydroxylation sites is 1. The molecule has 2 aromatic carbocycles. The van der Waals surface area contributed by atoms with Gasteiger partial charge < -0.3 is 14.7 Å². The number of aryl methyl sites for hydroxylation is 1. The number of aromatic nitrogens is 1. The highest BCUT2D eigenvalue weighted by atomic mass is 32.1. The van der Waals surface area contributed by atoms with Crippen LogP contribution in [-0.2, 0) is 12.0 Å². The van der Waals surface area contributed by atoms with Crippen LogP contribution in [0.1, 0.15) is 45.2 Å². The summed E-state index contributed by atoms with van der Waals surface area (Å²) >= 11 is 1.57. The molecule has 0 spiro atoms. The van der Waals surface area contributed by atoms with Crippen LogP contribution in [-0.4, -0.2) is 40.6 Å². The van der Waals surface area contributed by atoms with E-state index in [1.165, 1.54) is 0 Å². The van der Waals surface area contributed by atoms with Crippen molar-refractivity contribution in [2.75, 3.05) is 19.7 Å². The summed E-state index contributed by atoms with van der Waals surface area (Å²) in [4.78, 5) is 20.5. The molecule has 5 nitrogen and oxygen atoms in total. The molecule has 1 aliphatic heterocycles. The molecule has 1 N–H and O–H groups in total. The second kappa shape index (κ2) is 9.62. The highest BCUT2D eigenvalue weighted by Crippen LogP contribution is 2.37. The van der Waals surface area contributed by atoms with Gasteiger partial charge in [0.15, 0.2) is 0 Å².